The van der Waals surface area contributed by atoms with Crippen molar-refractivity contribution in [2.24, 2.45) is 0 Å². The molecule has 0 saturated heterocycles. The number of aryl methyl sites for hydroxylation is 1. The maximum Gasteiger partial charge on any atom is 0.137 e. The molecule has 2 aromatic rings. The van der Waals surface area contributed by atoms with Crippen LogP contribution in [-0.4, -0.2) is 6.54 Å². The molecule has 96 valence electrons. The number of hydrogen-bond donors (Lipinski definition) is 1. The van der Waals surface area contributed by atoms with Gasteiger partial charge in [0.25, 0.3) is 0 Å². The SMILES string of the molecule is CCNC(c1csc(C)c1)c1ccc(F)c(Br)c1. The lowest BCUT2D eigenvalue weighted by Gasteiger charge is -2.17. The van der Waals surface area contributed by atoms with E-state index in [0.29, 0.717) is 4.47 Å². The Morgan fingerprint density at radius 3 is 2.67 bits per heavy atom. The van der Waals surface area contributed by atoms with Gasteiger partial charge in [-0.05, 0) is 64.1 Å². The van der Waals surface area contributed by atoms with Crippen molar-refractivity contribution in [3.05, 3.63) is 55.9 Å². The number of nitrogens with one attached hydrogen (secondary N) is 1. The van der Waals surface area contributed by atoms with Crippen LogP contribution in [-0.2, 0) is 0 Å². The van der Waals surface area contributed by atoms with Crippen molar-refractivity contribution in [2.75, 3.05) is 6.54 Å². The lowest BCUT2D eigenvalue weighted by Crippen LogP contribution is -2.21. The van der Waals surface area contributed by atoms with E-state index in [1.807, 2.05) is 12.1 Å². The van der Waals surface area contributed by atoms with E-state index in [0.717, 1.165) is 12.1 Å². The van der Waals surface area contributed by atoms with Crippen LogP contribution in [0.2, 0.25) is 0 Å². The molecule has 0 saturated carbocycles. The van der Waals surface area contributed by atoms with E-state index in [2.05, 4.69) is 46.5 Å². The zero-order chi connectivity index (χ0) is 13.1. The zero-order valence-corrected chi connectivity index (χ0v) is 12.7. The molecule has 1 heterocycles. The summed E-state index contributed by atoms with van der Waals surface area (Å²) in [6.45, 7) is 5.04. The average Bonchev–Trinajstić information content (AvgIpc) is 2.76. The number of thiophene rings is 1. The van der Waals surface area contributed by atoms with Gasteiger partial charge >= 0.3 is 0 Å². The third kappa shape index (κ3) is 2.99. The van der Waals surface area contributed by atoms with Crippen LogP contribution in [0.3, 0.4) is 0 Å². The highest BCUT2D eigenvalue weighted by molar-refractivity contribution is 9.10. The van der Waals surface area contributed by atoms with Gasteiger partial charge in [0.2, 0.25) is 0 Å². The van der Waals surface area contributed by atoms with Gasteiger partial charge in [0.05, 0.1) is 10.5 Å². The van der Waals surface area contributed by atoms with E-state index in [-0.39, 0.29) is 11.9 Å². The molecular weight excluding hydrogens is 313 g/mol. The fourth-order valence-electron chi connectivity index (χ4n) is 1.94. The first-order valence-corrected chi connectivity index (χ1v) is 7.52. The monoisotopic (exact) mass is 327 g/mol. The van der Waals surface area contributed by atoms with Gasteiger partial charge in [-0.25, -0.2) is 4.39 Å². The standard InChI is InChI=1S/C14H15BrFNS/c1-3-17-14(11-6-9(2)18-8-11)10-4-5-13(16)12(15)7-10/h4-8,14,17H,3H2,1-2H3. The molecular formula is C14H15BrFNS. The normalized spacial score (nSPS) is 12.7. The molecule has 1 unspecified atom stereocenters. The van der Waals surface area contributed by atoms with Crippen molar-refractivity contribution in [3.8, 4) is 0 Å². The minimum Gasteiger partial charge on any atom is -0.307 e. The average molecular weight is 328 g/mol. The predicted octanol–water partition coefficient (Wildman–Crippen LogP) is 4.66. The van der Waals surface area contributed by atoms with Crippen molar-refractivity contribution in [1.82, 2.24) is 5.32 Å². The van der Waals surface area contributed by atoms with Crippen LogP contribution in [0.1, 0.15) is 29.0 Å². The highest BCUT2D eigenvalue weighted by Gasteiger charge is 2.15. The van der Waals surface area contributed by atoms with Crippen LogP contribution in [0.25, 0.3) is 0 Å². The largest absolute Gasteiger partial charge is 0.307 e. The van der Waals surface area contributed by atoms with Crippen LogP contribution >= 0.6 is 27.3 Å². The molecule has 0 radical (unpaired) electrons. The van der Waals surface area contributed by atoms with Gasteiger partial charge in [-0.3, -0.25) is 0 Å². The zero-order valence-electron chi connectivity index (χ0n) is 10.3. The minimum atomic E-state index is -0.226. The molecule has 1 aromatic heterocycles. The summed E-state index contributed by atoms with van der Waals surface area (Å²) < 4.78 is 13.8. The Kier molecular flexibility index (Phi) is 4.54. The molecule has 4 heteroatoms. The summed E-state index contributed by atoms with van der Waals surface area (Å²) in [7, 11) is 0. The van der Waals surface area contributed by atoms with E-state index in [9.17, 15) is 4.39 Å². The molecule has 1 aromatic carbocycles. The Labute approximate surface area is 119 Å². The molecule has 0 aliphatic carbocycles. The first kappa shape index (κ1) is 13.7. The first-order chi connectivity index (χ1) is 8.61. The van der Waals surface area contributed by atoms with E-state index in [1.165, 1.54) is 16.5 Å². The third-order valence-electron chi connectivity index (χ3n) is 2.77. The summed E-state index contributed by atoms with van der Waals surface area (Å²) in [5, 5.41) is 5.59. The Hall–Kier alpha value is -0.710. The van der Waals surface area contributed by atoms with Crippen molar-refractivity contribution in [2.45, 2.75) is 19.9 Å². The molecule has 2 rings (SSSR count). The Morgan fingerprint density at radius 1 is 1.33 bits per heavy atom. The van der Waals surface area contributed by atoms with Crippen LogP contribution in [0.15, 0.2) is 34.1 Å². The molecule has 0 spiro atoms. The third-order valence-corrected chi connectivity index (χ3v) is 4.26. The predicted molar refractivity (Wildman–Crippen MR) is 78.7 cm³/mol. The molecule has 1 atom stereocenters. The van der Waals surface area contributed by atoms with E-state index >= 15 is 0 Å². The highest BCUT2D eigenvalue weighted by Crippen LogP contribution is 2.28. The second-order valence-corrected chi connectivity index (χ2v) is 6.12. The van der Waals surface area contributed by atoms with Crippen molar-refractivity contribution >= 4 is 27.3 Å². The second kappa shape index (κ2) is 5.95. The molecule has 0 bridgehead atoms. The van der Waals surface area contributed by atoms with Crippen LogP contribution in [0, 0.1) is 12.7 Å². The lowest BCUT2D eigenvalue weighted by molar-refractivity contribution is 0.609. The Balaban J connectivity index is 2.37. The Morgan fingerprint density at radius 2 is 2.11 bits per heavy atom. The molecule has 0 fully saturated rings. The molecule has 18 heavy (non-hydrogen) atoms. The molecule has 0 amide bonds. The van der Waals surface area contributed by atoms with Gasteiger partial charge in [-0.15, -0.1) is 11.3 Å². The number of halogens is 2. The first-order valence-electron chi connectivity index (χ1n) is 5.85. The molecule has 0 aliphatic heterocycles. The number of hydrogen-bond acceptors (Lipinski definition) is 2. The Bertz CT molecular complexity index is 538. The fourth-order valence-corrected chi connectivity index (χ4v) is 3.07. The van der Waals surface area contributed by atoms with Crippen molar-refractivity contribution < 1.29 is 4.39 Å². The summed E-state index contributed by atoms with van der Waals surface area (Å²) in [6.07, 6.45) is 0. The van der Waals surface area contributed by atoms with Crippen LogP contribution in [0.4, 0.5) is 4.39 Å². The summed E-state index contributed by atoms with van der Waals surface area (Å²) in [6, 6.07) is 7.48. The fraction of sp³-hybridized carbons (Fsp3) is 0.286. The van der Waals surface area contributed by atoms with Gasteiger partial charge in [-0.1, -0.05) is 13.0 Å². The summed E-state index contributed by atoms with van der Waals surface area (Å²) in [4.78, 5) is 1.29. The van der Waals surface area contributed by atoms with Crippen molar-refractivity contribution in [1.29, 1.82) is 0 Å². The van der Waals surface area contributed by atoms with Crippen molar-refractivity contribution in [3.63, 3.8) is 0 Å². The smallest absolute Gasteiger partial charge is 0.137 e. The minimum absolute atomic E-state index is 0.122. The lowest BCUT2D eigenvalue weighted by atomic mass is 10.0. The summed E-state index contributed by atoms with van der Waals surface area (Å²) in [5.41, 5.74) is 2.31. The maximum atomic E-state index is 13.3. The van der Waals surface area contributed by atoms with Gasteiger partial charge in [0.15, 0.2) is 0 Å². The van der Waals surface area contributed by atoms with E-state index < -0.39 is 0 Å². The van der Waals surface area contributed by atoms with Gasteiger partial charge in [0, 0.05) is 4.88 Å². The molecule has 1 N–H and O–H groups in total. The number of benzene rings is 1. The van der Waals surface area contributed by atoms with Crippen LogP contribution < -0.4 is 5.32 Å². The quantitative estimate of drug-likeness (QED) is 0.861. The topological polar surface area (TPSA) is 12.0 Å². The number of rotatable bonds is 4. The van der Waals surface area contributed by atoms with Gasteiger partial charge < -0.3 is 5.32 Å². The van der Waals surface area contributed by atoms with Crippen LogP contribution in [0.5, 0.6) is 0 Å². The second-order valence-electron chi connectivity index (χ2n) is 4.15. The van der Waals surface area contributed by atoms with E-state index in [4.69, 9.17) is 0 Å². The van der Waals surface area contributed by atoms with Gasteiger partial charge in [-0.2, -0.15) is 0 Å². The van der Waals surface area contributed by atoms with E-state index in [1.54, 1.807) is 11.3 Å². The molecule has 0 aliphatic rings. The maximum absolute atomic E-state index is 13.3. The summed E-state index contributed by atoms with van der Waals surface area (Å²) >= 11 is 4.98. The highest BCUT2D eigenvalue weighted by atomic mass is 79.9. The molecule has 1 nitrogen and oxygen atoms in total. The summed E-state index contributed by atoms with van der Waals surface area (Å²) in [5.74, 6) is -0.226. The van der Waals surface area contributed by atoms with Gasteiger partial charge in [0.1, 0.15) is 5.82 Å².